The lowest BCUT2D eigenvalue weighted by atomic mass is 9.87. The van der Waals surface area contributed by atoms with E-state index >= 15 is 0 Å². The van der Waals surface area contributed by atoms with Gasteiger partial charge in [0.25, 0.3) is 0 Å². The highest BCUT2D eigenvalue weighted by atomic mass is 19.4. The molecule has 0 aliphatic carbocycles. The third kappa shape index (κ3) is 4.60. The molecule has 8 heteroatoms. The summed E-state index contributed by atoms with van der Waals surface area (Å²) in [7, 11) is 1.37. The Morgan fingerprint density at radius 1 is 1.06 bits per heavy atom. The Morgan fingerprint density at radius 2 is 1.81 bits per heavy atom. The van der Waals surface area contributed by atoms with E-state index in [1.807, 2.05) is 6.92 Å². The molecule has 0 saturated heterocycles. The van der Waals surface area contributed by atoms with Crippen LogP contribution in [0.2, 0.25) is 0 Å². The molecular formula is C23H25F3N2O3. The molecule has 0 spiro atoms. The van der Waals surface area contributed by atoms with Gasteiger partial charge in [-0.15, -0.1) is 0 Å². The van der Waals surface area contributed by atoms with Crippen molar-refractivity contribution in [1.29, 1.82) is 0 Å². The first-order valence-electron chi connectivity index (χ1n) is 9.84. The lowest BCUT2D eigenvalue weighted by Crippen LogP contribution is -2.56. The van der Waals surface area contributed by atoms with Gasteiger partial charge < -0.3 is 19.9 Å². The van der Waals surface area contributed by atoms with E-state index in [0.29, 0.717) is 16.6 Å². The van der Waals surface area contributed by atoms with Crippen molar-refractivity contribution in [3.63, 3.8) is 0 Å². The summed E-state index contributed by atoms with van der Waals surface area (Å²) in [5, 5.41) is 14.6. The van der Waals surface area contributed by atoms with E-state index in [1.54, 1.807) is 55.5 Å². The number of alkyl halides is 3. The Balaban J connectivity index is 2.19. The highest BCUT2D eigenvalue weighted by Crippen LogP contribution is 2.45. The van der Waals surface area contributed by atoms with Gasteiger partial charge in [-0.05, 0) is 44.2 Å². The van der Waals surface area contributed by atoms with Crippen LogP contribution in [0.25, 0.3) is 10.9 Å². The fraction of sp³-hybridized carbons (Fsp3) is 0.348. The second-order valence-corrected chi connectivity index (χ2v) is 7.20. The van der Waals surface area contributed by atoms with Crippen LogP contribution in [-0.4, -0.2) is 42.2 Å². The Labute approximate surface area is 178 Å². The van der Waals surface area contributed by atoms with E-state index in [4.69, 9.17) is 9.47 Å². The fourth-order valence-corrected chi connectivity index (χ4v) is 3.48. The van der Waals surface area contributed by atoms with Gasteiger partial charge in [0.1, 0.15) is 5.75 Å². The molecule has 3 rings (SSSR count). The van der Waals surface area contributed by atoms with Crippen molar-refractivity contribution >= 4 is 16.6 Å². The molecule has 31 heavy (non-hydrogen) atoms. The first-order valence-corrected chi connectivity index (χ1v) is 9.84. The average molecular weight is 434 g/mol. The van der Waals surface area contributed by atoms with Crippen molar-refractivity contribution in [1.82, 2.24) is 4.98 Å². The number of aliphatic hydroxyl groups is 1. The first-order chi connectivity index (χ1) is 14.7. The molecular weight excluding hydrogens is 409 g/mol. The lowest BCUT2D eigenvalue weighted by molar-refractivity contribution is -0.281. The number of rotatable bonds is 8. The molecule has 5 nitrogen and oxygen atoms in total. The predicted octanol–water partition coefficient (Wildman–Crippen LogP) is 5.03. The summed E-state index contributed by atoms with van der Waals surface area (Å²) in [5.74, 6) is 0.216. The predicted molar refractivity (Wildman–Crippen MR) is 113 cm³/mol. The topological polar surface area (TPSA) is 63.6 Å². The molecule has 0 fully saturated rings. The molecule has 166 valence electrons. The third-order valence-electron chi connectivity index (χ3n) is 5.12. The van der Waals surface area contributed by atoms with Gasteiger partial charge in [0.15, 0.2) is 0 Å². The number of hydrogen-bond acceptors (Lipinski definition) is 5. The number of aromatic nitrogens is 1. The second-order valence-electron chi connectivity index (χ2n) is 7.20. The molecule has 1 heterocycles. The number of hydrogen-bond donors (Lipinski definition) is 2. The van der Waals surface area contributed by atoms with Gasteiger partial charge in [-0.1, -0.05) is 24.3 Å². The van der Waals surface area contributed by atoms with Crippen LogP contribution in [0, 0.1) is 6.92 Å². The number of benzene rings is 2. The van der Waals surface area contributed by atoms with Gasteiger partial charge in [-0.25, -0.2) is 0 Å². The Morgan fingerprint density at radius 3 is 2.48 bits per heavy atom. The minimum absolute atomic E-state index is 0.0223. The number of aryl methyl sites for hydroxylation is 1. The largest absolute Gasteiger partial charge is 0.496 e. The number of anilines is 1. The van der Waals surface area contributed by atoms with E-state index in [-0.39, 0.29) is 17.9 Å². The second kappa shape index (κ2) is 9.11. The number of halogens is 3. The molecule has 0 aliphatic rings. The summed E-state index contributed by atoms with van der Waals surface area (Å²) in [6.07, 6.45) is -4.99. The maximum atomic E-state index is 14.2. The van der Waals surface area contributed by atoms with Crippen molar-refractivity contribution in [3.05, 3.63) is 65.9 Å². The first kappa shape index (κ1) is 22.8. The summed E-state index contributed by atoms with van der Waals surface area (Å²) in [5.41, 5.74) is -1.25. The van der Waals surface area contributed by atoms with Crippen LogP contribution >= 0.6 is 0 Å². The van der Waals surface area contributed by atoms with Crippen molar-refractivity contribution in [3.8, 4) is 5.75 Å². The monoisotopic (exact) mass is 434 g/mol. The molecule has 2 atom stereocenters. The SMILES string of the molecule is CCOCC(O)(C(Nc1cccc2nc(C)ccc12)c1ccccc1OC)C(F)(F)F. The molecule has 0 saturated carbocycles. The van der Waals surface area contributed by atoms with Crippen molar-refractivity contribution in [2.45, 2.75) is 31.7 Å². The zero-order valence-electron chi connectivity index (χ0n) is 17.5. The summed E-state index contributed by atoms with van der Waals surface area (Å²) in [6.45, 7) is 2.49. The summed E-state index contributed by atoms with van der Waals surface area (Å²) in [6, 6.07) is 13.4. The van der Waals surface area contributed by atoms with Crippen LogP contribution in [0.1, 0.15) is 24.2 Å². The van der Waals surface area contributed by atoms with Gasteiger partial charge >= 0.3 is 6.18 Å². The van der Waals surface area contributed by atoms with Crippen LogP contribution in [-0.2, 0) is 4.74 Å². The van der Waals surface area contributed by atoms with E-state index in [1.165, 1.54) is 13.2 Å². The minimum Gasteiger partial charge on any atom is -0.496 e. The quantitative estimate of drug-likeness (QED) is 0.520. The summed E-state index contributed by atoms with van der Waals surface area (Å²) < 4.78 is 53.1. The maximum absolute atomic E-state index is 14.2. The number of nitrogens with zero attached hydrogens (tertiary/aromatic N) is 1. The Kier molecular flexibility index (Phi) is 6.71. The van der Waals surface area contributed by atoms with Crippen LogP contribution in [0.4, 0.5) is 18.9 Å². The van der Waals surface area contributed by atoms with Gasteiger partial charge in [-0.3, -0.25) is 4.98 Å². The van der Waals surface area contributed by atoms with E-state index in [2.05, 4.69) is 10.3 Å². The number of fused-ring (bicyclic) bond motifs is 1. The van der Waals surface area contributed by atoms with Crippen LogP contribution < -0.4 is 10.1 Å². The zero-order chi connectivity index (χ0) is 22.6. The van der Waals surface area contributed by atoms with Crippen LogP contribution in [0.3, 0.4) is 0 Å². The fourth-order valence-electron chi connectivity index (χ4n) is 3.48. The van der Waals surface area contributed by atoms with E-state index < -0.39 is 24.4 Å². The van der Waals surface area contributed by atoms with Crippen molar-refractivity contribution in [2.24, 2.45) is 0 Å². The third-order valence-corrected chi connectivity index (χ3v) is 5.12. The number of nitrogens with one attached hydrogen (secondary N) is 1. The number of ether oxygens (including phenoxy) is 2. The molecule has 0 radical (unpaired) electrons. The highest BCUT2D eigenvalue weighted by molar-refractivity contribution is 5.91. The molecule has 2 unspecified atom stereocenters. The summed E-state index contributed by atoms with van der Waals surface area (Å²) in [4.78, 5) is 4.44. The van der Waals surface area contributed by atoms with Gasteiger partial charge in [-0.2, -0.15) is 13.2 Å². The molecule has 0 aliphatic heterocycles. The minimum atomic E-state index is -4.99. The van der Waals surface area contributed by atoms with Crippen LogP contribution in [0.5, 0.6) is 5.75 Å². The molecule has 2 aromatic carbocycles. The molecule has 0 amide bonds. The molecule has 0 bridgehead atoms. The van der Waals surface area contributed by atoms with E-state index in [9.17, 15) is 18.3 Å². The van der Waals surface area contributed by atoms with Gasteiger partial charge in [0, 0.05) is 28.9 Å². The number of para-hydroxylation sites is 1. The maximum Gasteiger partial charge on any atom is 0.421 e. The number of methoxy groups -OCH3 is 1. The highest BCUT2D eigenvalue weighted by Gasteiger charge is 2.60. The van der Waals surface area contributed by atoms with Crippen LogP contribution in [0.15, 0.2) is 54.6 Å². The lowest BCUT2D eigenvalue weighted by Gasteiger charge is -2.39. The molecule has 3 aromatic rings. The van der Waals surface area contributed by atoms with Crippen molar-refractivity contribution in [2.75, 3.05) is 25.6 Å². The summed E-state index contributed by atoms with van der Waals surface area (Å²) >= 11 is 0. The smallest absolute Gasteiger partial charge is 0.421 e. The molecule has 2 N–H and O–H groups in total. The van der Waals surface area contributed by atoms with Gasteiger partial charge in [0.05, 0.1) is 25.3 Å². The number of pyridine rings is 1. The molecule has 1 aromatic heterocycles. The Bertz CT molecular complexity index is 1040. The van der Waals surface area contributed by atoms with Gasteiger partial charge in [0.2, 0.25) is 5.60 Å². The normalized spacial score (nSPS) is 14.8. The Hall–Kier alpha value is -2.84. The van der Waals surface area contributed by atoms with E-state index in [0.717, 1.165) is 5.69 Å². The average Bonchev–Trinajstić information content (AvgIpc) is 2.74. The zero-order valence-corrected chi connectivity index (χ0v) is 17.5. The standard InChI is InChI=1S/C23H25F3N2O3/c1-4-31-14-22(29,23(24,25)26)21(17-8-5-6-11-20(17)30-3)28-19-10-7-9-18-16(19)13-12-15(2)27-18/h5-13,21,28-29H,4,14H2,1-3H3. The van der Waals surface area contributed by atoms with Crippen molar-refractivity contribution < 1.29 is 27.8 Å².